The molecule has 0 heterocycles. The zero-order valence-corrected chi connectivity index (χ0v) is 11.4. The van der Waals surface area contributed by atoms with Crippen LogP contribution in [0.15, 0.2) is 43.0 Å². The summed E-state index contributed by atoms with van der Waals surface area (Å²) in [4.78, 5) is 0. The van der Waals surface area contributed by atoms with Gasteiger partial charge in [-0.25, -0.2) is 0 Å². The van der Waals surface area contributed by atoms with Crippen molar-refractivity contribution in [1.82, 2.24) is 0 Å². The molecule has 1 aromatic carbocycles. The standard InChI is InChI=1S/C14H21O2P/c1-3-5-12-16-17(15,13-6-4-2)14-10-8-7-9-11-14/h4,7-11H,2-3,5-6,12-13H2,1H3. The predicted octanol–water partition coefficient (Wildman–Crippen LogP) is 3.98. The van der Waals surface area contributed by atoms with E-state index in [1.807, 2.05) is 30.3 Å². The van der Waals surface area contributed by atoms with Gasteiger partial charge in [0.2, 0.25) is 7.37 Å². The summed E-state index contributed by atoms with van der Waals surface area (Å²) < 4.78 is 18.4. The first-order chi connectivity index (χ1) is 8.23. The van der Waals surface area contributed by atoms with Crippen LogP contribution in [-0.4, -0.2) is 12.8 Å². The van der Waals surface area contributed by atoms with Crippen molar-refractivity contribution >= 4 is 12.7 Å². The summed E-state index contributed by atoms with van der Waals surface area (Å²) in [6, 6.07) is 9.50. The zero-order chi connectivity index (χ0) is 12.6. The molecule has 0 aromatic heterocycles. The topological polar surface area (TPSA) is 26.3 Å². The number of rotatable bonds is 8. The molecule has 0 N–H and O–H groups in total. The van der Waals surface area contributed by atoms with Crippen LogP contribution in [0.3, 0.4) is 0 Å². The Hall–Kier alpha value is -0.850. The van der Waals surface area contributed by atoms with E-state index in [0.717, 1.165) is 24.6 Å². The highest BCUT2D eigenvalue weighted by Gasteiger charge is 2.24. The molecule has 1 aromatic rings. The maximum atomic E-state index is 12.8. The molecule has 0 radical (unpaired) electrons. The number of hydrogen-bond donors (Lipinski definition) is 0. The Morgan fingerprint density at radius 1 is 1.35 bits per heavy atom. The van der Waals surface area contributed by atoms with E-state index < -0.39 is 7.37 Å². The maximum Gasteiger partial charge on any atom is 0.232 e. The molecule has 0 saturated carbocycles. The molecule has 0 aliphatic heterocycles. The normalized spacial score (nSPS) is 14.2. The Labute approximate surface area is 104 Å². The average Bonchev–Trinajstić information content (AvgIpc) is 2.38. The Kier molecular flexibility index (Phi) is 6.25. The van der Waals surface area contributed by atoms with Gasteiger partial charge in [0.05, 0.1) is 6.61 Å². The summed E-state index contributed by atoms with van der Waals surface area (Å²) in [6.07, 6.45) is 5.06. The Morgan fingerprint density at radius 2 is 2.06 bits per heavy atom. The van der Waals surface area contributed by atoms with Gasteiger partial charge in [-0.3, -0.25) is 4.57 Å². The zero-order valence-electron chi connectivity index (χ0n) is 10.5. The molecule has 0 aliphatic rings. The first-order valence-electron chi connectivity index (χ1n) is 6.13. The highest BCUT2D eigenvalue weighted by Crippen LogP contribution is 2.46. The van der Waals surface area contributed by atoms with Crippen molar-refractivity contribution < 1.29 is 9.09 Å². The summed E-state index contributed by atoms with van der Waals surface area (Å²) in [5.74, 6) is 0. The van der Waals surface area contributed by atoms with Gasteiger partial charge < -0.3 is 4.52 Å². The van der Waals surface area contributed by atoms with E-state index in [4.69, 9.17) is 4.52 Å². The molecule has 0 saturated heterocycles. The molecule has 0 spiro atoms. The van der Waals surface area contributed by atoms with E-state index in [1.54, 1.807) is 6.08 Å². The van der Waals surface area contributed by atoms with Crippen LogP contribution in [0.25, 0.3) is 0 Å². The molecule has 17 heavy (non-hydrogen) atoms. The van der Waals surface area contributed by atoms with Crippen molar-refractivity contribution in [2.45, 2.75) is 26.2 Å². The molecule has 0 aliphatic carbocycles. The van der Waals surface area contributed by atoms with Gasteiger partial charge in [0, 0.05) is 11.5 Å². The van der Waals surface area contributed by atoms with Gasteiger partial charge in [0.25, 0.3) is 0 Å². The van der Waals surface area contributed by atoms with E-state index in [9.17, 15) is 4.57 Å². The van der Waals surface area contributed by atoms with Gasteiger partial charge in [-0.1, -0.05) is 37.6 Å². The minimum Gasteiger partial charge on any atom is -0.325 e. The second-order valence-electron chi connectivity index (χ2n) is 4.00. The summed E-state index contributed by atoms with van der Waals surface area (Å²) in [6.45, 7) is 6.34. The largest absolute Gasteiger partial charge is 0.325 e. The molecule has 2 nitrogen and oxygen atoms in total. The van der Waals surface area contributed by atoms with Crippen molar-refractivity contribution in [1.29, 1.82) is 0 Å². The Bertz CT molecular complexity index is 373. The fraction of sp³-hybridized carbons (Fsp3) is 0.429. The van der Waals surface area contributed by atoms with Crippen LogP contribution in [0.1, 0.15) is 26.2 Å². The molecule has 1 unspecified atom stereocenters. The molecule has 0 amide bonds. The molecule has 1 rings (SSSR count). The second-order valence-corrected chi connectivity index (χ2v) is 6.57. The third kappa shape index (κ3) is 4.49. The Balaban J connectivity index is 2.78. The van der Waals surface area contributed by atoms with Crippen molar-refractivity contribution in [3.63, 3.8) is 0 Å². The van der Waals surface area contributed by atoms with Crippen LogP contribution in [0.2, 0.25) is 0 Å². The van der Waals surface area contributed by atoms with Crippen LogP contribution in [0.4, 0.5) is 0 Å². The second kappa shape index (κ2) is 7.47. The van der Waals surface area contributed by atoms with E-state index >= 15 is 0 Å². The third-order valence-electron chi connectivity index (χ3n) is 2.57. The van der Waals surface area contributed by atoms with Crippen LogP contribution < -0.4 is 5.30 Å². The fourth-order valence-electron chi connectivity index (χ4n) is 1.54. The number of allylic oxidation sites excluding steroid dienone is 1. The van der Waals surface area contributed by atoms with Crippen LogP contribution in [-0.2, 0) is 9.09 Å². The number of unbranched alkanes of at least 4 members (excludes halogenated alkanes) is 1. The van der Waals surface area contributed by atoms with Gasteiger partial charge in [-0.05, 0) is 25.0 Å². The maximum absolute atomic E-state index is 12.8. The lowest BCUT2D eigenvalue weighted by molar-refractivity contribution is 0.312. The quantitative estimate of drug-likeness (QED) is 0.397. The summed E-state index contributed by atoms with van der Waals surface area (Å²) in [7, 11) is -2.69. The predicted molar refractivity (Wildman–Crippen MR) is 74.2 cm³/mol. The van der Waals surface area contributed by atoms with E-state index in [2.05, 4.69) is 13.5 Å². The van der Waals surface area contributed by atoms with Gasteiger partial charge >= 0.3 is 0 Å². The molecule has 0 fully saturated rings. The smallest absolute Gasteiger partial charge is 0.232 e. The van der Waals surface area contributed by atoms with Gasteiger partial charge in [0.1, 0.15) is 0 Å². The molecule has 0 bridgehead atoms. The molecule has 94 valence electrons. The van der Waals surface area contributed by atoms with Crippen molar-refractivity contribution in [2.24, 2.45) is 0 Å². The third-order valence-corrected chi connectivity index (χ3v) is 5.11. The molecule has 3 heteroatoms. The van der Waals surface area contributed by atoms with E-state index in [1.165, 1.54) is 0 Å². The first-order valence-corrected chi connectivity index (χ1v) is 7.94. The van der Waals surface area contributed by atoms with Crippen LogP contribution in [0, 0.1) is 0 Å². The summed E-state index contributed by atoms with van der Waals surface area (Å²) >= 11 is 0. The molecular weight excluding hydrogens is 231 g/mol. The minimum absolute atomic E-state index is 0.546. The SMILES string of the molecule is C=CCCP(=O)(OCCCC)c1ccccc1. The van der Waals surface area contributed by atoms with Crippen molar-refractivity contribution in [3.05, 3.63) is 43.0 Å². The summed E-state index contributed by atoms with van der Waals surface area (Å²) in [5, 5.41) is 0.818. The molecular formula is C14H21O2P. The van der Waals surface area contributed by atoms with Crippen molar-refractivity contribution in [2.75, 3.05) is 12.8 Å². The van der Waals surface area contributed by atoms with Gasteiger partial charge in [-0.15, -0.1) is 6.58 Å². The van der Waals surface area contributed by atoms with Crippen LogP contribution in [0.5, 0.6) is 0 Å². The lowest BCUT2D eigenvalue weighted by Gasteiger charge is -2.18. The van der Waals surface area contributed by atoms with Crippen LogP contribution >= 0.6 is 7.37 Å². The Morgan fingerprint density at radius 3 is 2.65 bits per heavy atom. The van der Waals surface area contributed by atoms with Gasteiger partial charge in [-0.2, -0.15) is 0 Å². The lowest BCUT2D eigenvalue weighted by Crippen LogP contribution is -2.10. The molecule has 1 atom stereocenters. The highest BCUT2D eigenvalue weighted by atomic mass is 31.2. The average molecular weight is 252 g/mol. The van der Waals surface area contributed by atoms with E-state index in [-0.39, 0.29) is 0 Å². The monoisotopic (exact) mass is 252 g/mol. The van der Waals surface area contributed by atoms with Gasteiger partial charge in [0.15, 0.2) is 0 Å². The number of benzene rings is 1. The lowest BCUT2D eigenvalue weighted by atomic mass is 10.4. The fourth-order valence-corrected chi connectivity index (χ4v) is 3.65. The number of hydrogen-bond acceptors (Lipinski definition) is 2. The minimum atomic E-state index is -2.69. The highest BCUT2D eigenvalue weighted by molar-refractivity contribution is 7.67. The summed E-state index contributed by atoms with van der Waals surface area (Å²) in [5.41, 5.74) is 0. The van der Waals surface area contributed by atoms with Crippen molar-refractivity contribution in [3.8, 4) is 0 Å². The van der Waals surface area contributed by atoms with E-state index in [0.29, 0.717) is 12.8 Å². The first kappa shape index (κ1) is 14.2.